The molecule has 0 nitrogen and oxygen atoms in total. The van der Waals surface area contributed by atoms with Crippen LogP contribution in [0.4, 0.5) is 0 Å². The standard InChI is InChI=1S/C12H18/c1-4-6-10(2)9-12-8-5-7-11(12)3/h4,6,9H,5,7-8H2,1-3H3/b6-4-,10-9-. The normalized spacial score (nSPS) is 19.8. The first kappa shape index (κ1) is 9.31. The molecule has 12 heavy (non-hydrogen) atoms. The maximum Gasteiger partial charge on any atom is -0.0276 e. The van der Waals surface area contributed by atoms with E-state index in [0.717, 1.165) is 0 Å². The second-order valence-electron chi connectivity index (χ2n) is 3.55. The van der Waals surface area contributed by atoms with Gasteiger partial charge in [-0.3, -0.25) is 0 Å². The Labute approximate surface area is 75.7 Å². The van der Waals surface area contributed by atoms with E-state index < -0.39 is 0 Å². The van der Waals surface area contributed by atoms with Gasteiger partial charge in [0.05, 0.1) is 0 Å². The second-order valence-corrected chi connectivity index (χ2v) is 3.55. The topological polar surface area (TPSA) is 0 Å². The van der Waals surface area contributed by atoms with Crippen molar-refractivity contribution < 1.29 is 0 Å². The van der Waals surface area contributed by atoms with Crippen molar-refractivity contribution in [2.75, 3.05) is 0 Å². The molecule has 1 aliphatic carbocycles. The lowest BCUT2D eigenvalue weighted by Gasteiger charge is -1.97. The Morgan fingerprint density at radius 2 is 2.08 bits per heavy atom. The highest BCUT2D eigenvalue weighted by molar-refractivity contribution is 5.34. The molecule has 0 atom stereocenters. The largest absolute Gasteiger partial charge is 0.0874 e. The van der Waals surface area contributed by atoms with Crippen LogP contribution in [0.25, 0.3) is 0 Å². The minimum absolute atomic E-state index is 1.28. The number of allylic oxidation sites excluding steroid dienone is 6. The SMILES string of the molecule is C/C=C\C(C)=C/C1=C(C)CCC1. The third-order valence-corrected chi connectivity index (χ3v) is 2.38. The molecule has 0 aromatic carbocycles. The summed E-state index contributed by atoms with van der Waals surface area (Å²) in [6.07, 6.45) is 10.5. The van der Waals surface area contributed by atoms with Crippen LogP contribution in [0.15, 0.2) is 34.9 Å². The molecule has 0 N–H and O–H groups in total. The molecule has 0 aliphatic heterocycles. The summed E-state index contributed by atoms with van der Waals surface area (Å²) in [7, 11) is 0. The van der Waals surface area contributed by atoms with E-state index in [1.807, 2.05) is 0 Å². The molecule has 1 aliphatic rings. The molecular formula is C12H18. The van der Waals surface area contributed by atoms with Gasteiger partial charge in [0.15, 0.2) is 0 Å². The summed E-state index contributed by atoms with van der Waals surface area (Å²) >= 11 is 0. The number of hydrogen-bond donors (Lipinski definition) is 0. The zero-order valence-electron chi connectivity index (χ0n) is 8.35. The quantitative estimate of drug-likeness (QED) is 0.538. The van der Waals surface area contributed by atoms with E-state index >= 15 is 0 Å². The highest BCUT2D eigenvalue weighted by Gasteiger charge is 2.07. The summed E-state index contributed by atoms with van der Waals surface area (Å²) in [5, 5.41) is 0. The third kappa shape index (κ3) is 2.37. The van der Waals surface area contributed by atoms with Crippen molar-refractivity contribution in [1.29, 1.82) is 0 Å². The zero-order chi connectivity index (χ0) is 8.97. The minimum Gasteiger partial charge on any atom is -0.0874 e. The fourth-order valence-electron chi connectivity index (χ4n) is 1.70. The van der Waals surface area contributed by atoms with Gasteiger partial charge in [-0.25, -0.2) is 0 Å². The highest BCUT2D eigenvalue weighted by atomic mass is 14.1. The van der Waals surface area contributed by atoms with Crippen LogP contribution in [-0.2, 0) is 0 Å². The van der Waals surface area contributed by atoms with Crippen molar-refractivity contribution in [3.8, 4) is 0 Å². The van der Waals surface area contributed by atoms with Gasteiger partial charge in [0.1, 0.15) is 0 Å². The van der Waals surface area contributed by atoms with Gasteiger partial charge in [0, 0.05) is 0 Å². The average Bonchev–Trinajstić information content (AvgIpc) is 2.37. The van der Waals surface area contributed by atoms with Gasteiger partial charge in [0.2, 0.25) is 0 Å². The van der Waals surface area contributed by atoms with Crippen LogP contribution in [0, 0.1) is 0 Å². The van der Waals surface area contributed by atoms with E-state index in [2.05, 4.69) is 39.0 Å². The van der Waals surface area contributed by atoms with Gasteiger partial charge in [0.25, 0.3) is 0 Å². The molecule has 0 heterocycles. The third-order valence-electron chi connectivity index (χ3n) is 2.38. The summed E-state index contributed by atoms with van der Waals surface area (Å²) in [4.78, 5) is 0. The summed E-state index contributed by atoms with van der Waals surface area (Å²) in [6.45, 7) is 6.48. The Hall–Kier alpha value is -0.780. The molecule has 66 valence electrons. The van der Waals surface area contributed by atoms with Gasteiger partial charge in [-0.1, -0.05) is 29.4 Å². The lowest BCUT2D eigenvalue weighted by atomic mass is 10.1. The molecule has 0 bridgehead atoms. The fraction of sp³-hybridized carbons (Fsp3) is 0.500. The first-order valence-electron chi connectivity index (χ1n) is 4.73. The molecular weight excluding hydrogens is 144 g/mol. The van der Waals surface area contributed by atoms with Crippen molar-refractivity contribution in [2.45, 2.75) is 40.0 Å². The van der Waals surface area contributed by atoms with Crippen molar-refractivity contribution in [3.05, 3.63) is 34.9 Å². The molecule has 0 aromatic rings. The van der Waals surface area contributed by atoms with Gasteiger partial charge < -0.3 is 0 Å². The monoisotopic (exact) mass is 162 g/mol. The average molecular weight is 162 g/mol. The van der Waals surface area contributed by atoms with Crippen LogP contribution >= 0.6 is 0 Å². The molecule has 0 saturated heterocycles. The summed E-state index contributed by atoms with van der Waals surface area (Å²) < 4.78 is 0. The maximum atomic E-state index is 2.32. The summed E-state index contributed by atoms with van der Waals surface area (Å²) in [5.74, 6) is 0. The number of rotatable bonds is 2. The first-order chi connectivity index (χ1) is 5.74. The van der Waals surface area contributed by atoms with Crippen LogP contribution in [-0.4, -0.2) is 0 Å². The Kier molecular flexibility index (Phi) is 3.33. The van der Waals surface area contributed by atoms with Gasteiger partial charge >= 0.3 is 0 Å². The van der Waals surface area contributed by atoms with E-state index in [-0.39, 0.29) is 0 Å². The molecule has 0 fully saturated rings. The van der Waals surface area contributed by atoms with Crippen molar-refractivity contribution in [2.24, 2.45) is 0 Å². The molecule has 0 aromatic heterocycles. The van der Waals surface area contributed by atoms with Crippen LogP contribution in [0.2, 0.25) is 0 Å². The maximum absolute atomic E-state index is 2.32. The molecule has 1 rings (SSSR count). The van der Waals surface area contributed by atoms with E-state index in [4.69, 9.17) is 0 Å². The van der Waals surface area contributed by atoms with Crippen LogP contribution in [0.5, 0.6) is 0 Å². The Balaban J connectivity index is 2.72. The van der Waals surface area contributed by atoms with Crippen molar-refractivity contribution in [3.63, 3.8) is 0 Å². The molecule has 0 saturated carbocycles. The molecule has 0 heteroatoms. The van der Waals surface area contributed by atoms with E-state index in [9.17, 15) is 0 Å². The summed E-state index contributed by atoms with van der Waals surface area (Å²) in [6, 6.07) is 0. The highest BCUT2D eigenvalue weighted by Crippen LogP contribution is 2.27. The predicted octanol–water partition coefficient (Wildman–Crippen LogP) is 4.01. The van der Waals surface area contributed by atoms with E-state index in [0.29, 0.717) is 0 Å². The minimum atomic E-state index is 1.28. The Morgan fingerprint density at radius 3 is 2.58 bits per heavy atom. The van der Waals surface area contributed by atoms with Crippen LogP contribution in [0.1, 0.15) is 40.0 Å². The van der Waals surface area contributed by atoms with Gasteiger partial charge in [-0.2, -0.15) is 0 Å². The van der Waals surface area contributed by atoms with Crippen molar-refractivity contribution in [1.82, 2.24) is 0 Å². The van der Waals surface area contributed by atoms with E-state index in [1.165, 1.54) is 24.8 Å². The summed E-state index contributed by atoms with van der Waals surface area (Å²) in [5.41, 5.74) is 4.51. The van der Waals surface area contributed by atoms with Crippen LogP contribution < -0.4 is 0 Å². The predicted molar refractivity (Wildman–Crippen MR) is 55.1 cm³/mol. The molecule has 0 amide bonds. The Morgan fingerprint density at radius 1 is 1.33 bits per heavy atom. The van der Waals surface area contributed by atoms with E-state index in [1.54, 1.807) is 11.1 Å². The smallest absolute Gasteiger partial charge is 0.0276 e. The molecule has 0 unspecified atom stereocenters. The lowest BCUT2D eigenvalue weighted by Crippen LogP contribution is -1.76. The van der Waals surface area contributed by atoms with Gasteiger partial charge in [-0.05, 0) is 45.6 Å². The zero-order valence-corrected chi connectivity index (χ0v) is 8.35. The van der Waals surface area contributed by atoms with Gasteiger partial charge in [-0.15, -0.1) is 0 Å². The van der Waals surface area contributed by atoms with Crippen molar-refractivity contribution >= 4 is 0 Å². The molecule has 0 spiro atoms. The van der Waals surface area contributed by atoms with Crippen LogP contribution in [0.3, 0.4) is 0 Å². The second kappa shape index (κ2) is 4.30. The lowest BCUT2D eigenvalue weighted by molar-refractivity contribution is 0.898. The Bertz CT molecular complexity index is 239. The molecule has 0 radical (unpaired) electrons. The fourth-order valence-corrected chi connectivity index (χ4v) is 1.70. The first-order valence-corrected chi connectivity index (χ1v) is 4.73. The number of hydrogen-bond acceptors (Lipinski definition) is 0.